The molecule has 1 aromatic heterocycles. The number of nitrogens with zero attached hydrogens (tertiary/aromatic N) is 3. The molecule has 1 atom stereocenters. The van der Waals surface area contributed by atoms with Crippen molar-refractivity contribution >= 4 is 69.2 Å². The van der Waals surface area contributed by atoms with Crippen molar-refractivity contribution in [2.75, 3.05) is 6.61 Å². The van der Waals surface area contributed by atoms with E-state index in [4.69, 9.17) is 32.7 Å². The average molecular weight is 730 g/mol. The number of carbonyl (C=O) groups is 1. The third-order valence-electron chi connectivity index (χ3n) is 6.55. The van der Waals surface area contributed by atoms with Crippen LogP contribution in [0.2, 0.25) is 10.0 Å². The van der Waals surface area contributed by atoms with E-state index in [-0.39, 0.29) is 24.3 Å². The summed E-state index contributed by atoms with van der Waals surface area (Å²) in [5.74, 6) is -0.0414. The number of thiazole rings is 1. The van der Waals surface area contributed by atoms with E-state index < -0.39 is 12.0 Å². The summed E-state index contributed by atoms with van der Waals surface area (Å²) in [6.07, 6.45) is 1.70. The lowest BCUT2D eigenvalue weighted by atomic mass is 9.96. The van der Waals surface area contributed by atoms with Crippen molar-refractivity contribution in [3.05, 3.63) is 127 Å². The van der Waals surface area contributed by atoms with E-state index in [9.17, 15) is 14.9 Å². The van der Waals surface area contributed by atoms with Crippen LogP contribution in [0.1, 0.15) is 42.1 Å². The molecule has 0 saturated heterocycles. The van der Waals surface area contributed by atoms with Crippen molar-refractivity contribution in [1.82, 2.24) is 4.57 Å². The van der Waals surface area contributed by atoms with Gasteiger partial charge in [0.25, 0.3) is 5.56 Å². The molecule has 5 rings (SSSR count). The summed E-state index contributed by atoms with van der Waals surface area (Å²) in [6.45, 7) is 3.76. The number of benzene rings is 3. The SMILES string of the molecule is CCOC(=O)C1=C(C)N=c2s/c(=C\c3cc(Cl)cc(I)c3OCc3ccccc3C#N)c(=O)n2[C@H]1c1ccccc1Cl. The first kappa shape index (κ1) is 30.0. The van der Waals surface area contributed by atoms with Crippen LogP contribution in [0.4, 0.5) is 0 Å². The van der Waals surface area contributed by atoms with Gasteiger partial charge in [0.05, 0.1) is 37.6 Å². The fourth-order valence-electron chi connectivity index (χ4n) is 4.67. The van der Waals surface area contributed by atoms with Crippen molar-refractivity contribution in [3.8, 4) is 11.8 Å². The number of rotatable bonds is 7. The van der Waals surface area contributed by atoms with E-state index in [1.807, 2.05) is 12.1 Å². The molecule has 212 valence electrons. The number of allylic oxidation sites excluding steroid dienone is 1. The van der Waals surface area contributed by atoms with Crippen LogP contribution in [-0.4, -0.2) is 17.1 Å². The molecular formula is C31H22Cl2IN3O4S. The van der Waals surface area contributed by atoms with Crippen LogP contribution in [0.3, 0.4) is 0 Å². The first-order valence-corrected chi connectivity index (χ1v) is 15.4. The van der Waals surface area contributed by atoms with Gasteiger partial charge in [-0.3, -0.25) is 9.36 Å². The molecule has 7 nitrogen and oxygen atoms in total. The van der Waals surface area contributed by atoms with E-state index in [1.54, 1.807) is 68.5 Å². The Morgan fingerprint density at radius 2 is 1.93 bits per heavy atom. The molecule has 4 aromatic rings. The molecule has 2 heterocycles. The van der Waals surface area contributed by atoms with Gasteiger partial charge in [-0.05, 0) is 72.3 Å². The van der Waals surface area contributed by atoms with Crippen molar-refractivity contribution in [2.24, 2.45) is 4.99 Å². The minimum Gasteiger partial charge on any atom is -0.487 e. The van der Waals surface area contributed by atoms with Gasteiger partial charge in [-0.15, -0.1) is 0 Å². The number of halogens is 3. The van der Waals surface area contributed by atoms with Crippen LogP contribution in [0.5, 0.6) is 5.75 Å². The Balaban J connectivity index is 1.66. The van der Waals surface area contributed by atoms with Crippen LogP contribution in [0.15, 0.2) is 81.7 Å². The van der Waals surface area contributed by atoms with Gasteiger partial charge in [0, 0.05) is 21.2 Å². The van der Waals surface area contributed by atoms with Crippen LogP contribution in [0, 0.1) is 14.9 Å². The van der Waals surface area contributed by atoms with Crippen LogP contribution in [0.25, 0.3) is 6.08 Å². The zero-order valence-corrected chi connectivity index (χ0v) is 26.8. The van der Waals surface area contributed by atoms with Gasteiger partial charge < -0.3 is 9.47 Å². The summed E-state index contributed by atoms with van der Waals surface area (Å²) >= 11 is 16.3. The fourth-order valence-corrected chi connectivity index (χ4v) is 7.16. The monoisotopic (exact) mass is 729 g/mol. The summed E-state index contributed by atoms with van der Waals surface area (Å²) in [4.78, 5) is 32.2. The molecular weight excluding hydrogens is 708 g/mol. The molecule has 0 amide bonds. The first-order chi connectivity index (χ1) is 20.2. The van der Waals surface area contributed by atoms with E-state index in [0.29, 0.717) is 47.5 Å². The van der Waals surface area contributed by atoms with Crippen molar-refractivity contribution in [2.45, 2.75) is 26.5 Å². The Hall–Kier alpha value is -3.43. The smallest absolute Gasteiger partial charge is 0.338 e. The second-order valence-corrected chi connectivity index (χ2v) is 12.2. The van der Waals surface area contributed by atoms with Gasteiger partial charge in [0.1, 0.15) is 18.4 Å². The van der Waals surface area contributed by atoms with Crippen LogP contribution >= 0.6 is 57.1 Å². The summed E-state index contributed by atoms with van der Waals surface area (Å²) in [6, 6.07) is 19.1. The standard InChI is InChI=1S/C31H22Cl2IN3O4S/c1-3-40-30(39)26-17(2)36-31-37(27(26)22-10-6-7-11-23(22)33)29(38)25(42-31)13-20-12-21(32)14-24(34)28(20)41-16-19-9-5-4-8-18(19)15-35/h4-14,27H,3,16H2,1-2H3/b25-13-/t27-/m0/s1. The van der Waals surface area contributed by atoms with Gasteiger partial charge in [-0.1, -0.05) is 70.9 Å². The third kappa shape index (κ3) is 5.90. The Kier molecular flexibility index (Phi) is 9.18. The molecule has 1 aliphatic rings. The maximum absolute atomic E-state index is 14.0. The predicted molar refractivity (Wildman–Crippen MR) is 172 cm³/mol. The Labute approximate surface area is 269 Å². The molecule has 0 aliphatic carbocycles. The molecule has 11 heteroatoms. The molecule has 3 aromatic carbocycles. The number of ether oxygens (including phenoxy) is 2. The number of hydrogen-bond donors (Lipinski definition) is 0. The number of nitriles is 1. The summed E-state index contributed by atoms with van der Waals surface area (Å²) in [5.41, 5.74) is 2.77. The van der Waals surface area contributed by atoms with Gasteiger partial charge in [0.15, 0.2) is 4.80 Å². The number of aromatic nitrogens is 1. The minimum atomic E-state index is -0.825. The van der Waals surface area contributed by atoms with Crippen molar-refractivity contribution in [1.29, 1.82) is 5.26 Å². The Morgan fingerprint density at radius 3 is 2.67 bits per heavy atom. The second kappa shape index (κ2) is 12.8. The topological polar surface area (TPSA) is 93.7 Å². The van der Waals surface area contributed by atoms with Gasteiger partial charge >= 0.3 is 5.97 Å². The number of fused-ring (bicyclic) bond motifs is 1. The summed E-state index contributed by atoms with van der Waals surface area (Å²) < 4.78 is 14.1. The molecule has 42 heavy (non-hydrogen) atoms. The quantitative estimate of drug-likeness (QED) is 0.168. The molecule has 0 unspecified atom stereocenters. The maximum Gasteiger partial charge on any atom is 0.338 e. The molecule has 0 saturated carbocycles. The van der Waals surface area contributed by atoms with Crippen LogP contribution in [-0.2, 0) is 16.1 Å². The van der Waals surface area contributed by atoms with Crippen LogP contribution < -0.4 is 19.6 Å². The molecule has 0 radical (unpaired) electrons. The fraction of sp³-hybridized carbons (Fsp3) is 0.161. The number of carbonyl (C=O) groups excluding carboxylic acids is 1. The number of esters is 1. The highest BCUT2D eigenvalue weighted by molar-refractivity contribution is 14.1. The van der Waals surface area contributed by atoms with E-state index in [2.05, 4.69) is 33.7 Å². The van der Waals surface area contributed by atoms with E-state index in [0.717, 1.165) is 9.13 Å². The minimum absolute atomic E-state index is 0.151. The van der Waals surface area contributed by atoms with E-state index in [1.165, 1.54) is 15.9 Å². The summed E-state index contributed by atoms with van der Waals surface area (Å²) in [7, 11) is 0. The largest absolute Gasteiger partial charge is 0.487 e. The van der Waals surface area contributed by atoms with Gasteiger partial charge in [-0.25, -0.2) is 9.79 Å². The zero-order valence-electron chi connectivity index (χ0n) is 22.4. The highest BCUT2D eigenvalue weighted by Crippen LogP contribution is 2.35. The van der Waals surface area contributed by atoms with Crippen molar-refractivity contribution in [3.63, 3.8) is 0 Å². The lowest BCUT2D eigenvalue weighted by Gasteiger charge is -2.25. The predicted octanol–water partition coefficient (Wildman–Crippen LogP) is 6.16. The Bertz CT molecular complexity index is 1980. The Morgan fingerprint density at radius 1 is 1.19 bits per heavy atom. The van der Waals surface area contributed by atoms with Crippen molar-refractivity contribution < 1.29 is 14.3 Å². The molecule has 0 N–H and O–H groups in total. The normalized spacial score (nSPS) is 14.7. The lowest BCUT2D eigenvalue weighted by molar-refractivity contribution is -0.139. The highest BCUT2D eigenvalue weighted by Gasteiger charge is 2.34. The summed E-state index contributed by atoms with van der Waals surface area (Å²) in [5, 5.41) is 10.4. The van der Waals surface area contributed by atoms with E-state index >= 15 is 0 Å². The van der Waals surface area contributed by atoms with Gasteiger partial charge in [-0.2, -0.15) is 5.26 Å². The molecule has 1 aliphatic heterocycles. The van der Waals surface area contributed by atoms with Gasteiger partial charge in [0.2, 0.25) is 0 Å². The second-order valence-electron chi connectivity index (χ2n) is 9.19. The molecule has 0 bridgehead atoms. The molecule has 0 fully saturated rings. The first-order valence-electron chi connectivity index (χ1n) is 12.8. The lowest BCUT2D eigenvalue weighted by Crippen LogP contribution is -2.40. The zero-order chi connectivity index (χ0) is 30.0. The third-order valence-corrected chi connectivity index (χ3v) is 8.90. The number of hydrogen-bond acceptors (Lipinski definition) is 7. The highest BCUT2D eigenvalue weighted by atomic mass is 127. The molecule has 0 spiro atoms. The maximum atomic E-state index is 14.0. The average Bonchev–Trinajstić information content (AvgIpc) is 3.26.